The minimum Gasteiger partial charge on any atom is -0.339 e. The highest BCUT2D eigenvalue weighted by atomic mass is 19.1. The second kappa shape index (κ2) is 5.94. The van der Waals surface area contributed by atoms with Gasteiger partial charge in [0.1, 0.15) is 0 Å². The van der Waals surface area contributed by atoms with Gasteiger partial charge in [-0.3, -0.25) is 9.78 Å². The van der Waals surface area contributed by atoms with Crippen LogP contribution in [-0.4, -0.2) is 28.9 Å². The summed E-state index contributed by atoms with van der Waals surface area (Å²) < 4.78 is 13.5. The van der Waals surface area contributed by atoms with Gasteiger partial charge in [0.2, 0.25) is 0 Å². The molecule has 18 heavy (non-hydrogen) atoms. The number of carbonyl (C=O) groups is 1. The van der Waals surface area contributed by atoms with Crippen LogP contribution in [0.4, 0.5) is 4.39 Å². The van der Waals surface area contributed by atoms with E-state index in [4.69, 9.17) is 0 Å². The van der Waals surface area contributed by atoms with Gasteiger partial charge in [-0.2, -0.15) is 0 Å². The van der Waals surface area contributed by atoms with Crippen LogP contribution in [0.5, 0.6) is 0 Å². The molecule has 1 aliphatic heterocycles. The third kappa shape index (κ3) is 2.86. The highest BCUT2D eigenvalue weighted by Gasteiger charge is 2.24. The number of nitrogens with zero attached hydrogens (tertiary/aromatic N) is 2. The summed E-state index contributed by atoms with van der Waals surface area (Å²) in [6.07, 6.45) is 7.04. The maximum atomic E-state index is 13.5. The molecule has 1 aromatic rings. The van der Waals surface area contributed by atoms with Crippen molar-refractivity contribution in [2.45, 2.75) is 32.6 Å². The average molecular weight is 250 g/mol. The first-order valence-corrected chi connectivity index (χ1v) is 6.61. The molecule has 2 heterocycles. The van der Waals surface area contributed by atoms with Gasteiger partial charge in [0.15, 0.2) is 5.82 Å². The Morgan fingerprint density at radius 3 is 2.83 bits per heavy atom. The molecule has 0 N–H and O–H groups in total. The SMILES string of the molecule is CCCC1CCN(C(=O)c2ccncc2F)CC1. The third-order valence-corrected chi connectivity index (χ3v) is 3.60. The Hall–Kier alpha value is -1.45. The lowest BCUT2D eigenvalue weighted by Gasteiger charge is -2.32. The van der Waals surface area contributed by atoms with Gasteiger partial charge in [-0.25, -0.2) is 4.39 Å². The zero-order valence-corrected chi connectivity index (χ0v) is 10.7. The van der Waals surface area contributed by atoms with E-state index in [2.05, 4.69) is 11.9 Å². The van der Waals surface area contributed by atoms with Crippen LogP contribution in [0.2, 0.25) is 0 Å². The molecule has 0 spiro atoms. The number of likely N-dealkylation sites (tertiary alicyclic amines) is 1. The number of halogens is 1. The Bertz CT molecular complexity index is 414. The molecule has 1 aromatic heterocycles. The fourth-order valence-electron chi connectivity index (χ4n) is 2.55. The van der Waals surface area contributed by atoms with E-state index in [-0.39, 0.29) is 11.5 Å². The van der Waals surface area contributed by atoms with Crippen LogP contribution in [-0.2, 0) is 0 Å². The average Bonchev–Trinajstić information content (AvgIpc) is 2.40. The molecule has 0 saturated carbocycles. The summed E-state index contributed by atoms with van der Waals surface area (Å²) in [4.78, 5) is 17.6. The van der Waals surface area contributed by atoms with Gasteiger partial charge in [-0.15, -0.1) is 0 Å². The Labute approximate surface area is 107 Å². The third-order valence-electron chi connectivity index (χ3n) is 3.60. The van der Waals surface area contributed by atoms with Crippen molar-refractivity contribution in [1.29, 1.82) is 0 Å². The standard InChI is InChI=1S/C14H19FN2O/c1-2-3-11-5-8-17(9-6-11)14(18)12-4-7-16-10-13(12)15/h4,7,10-11H,2-3,5-6,8-9H2,1H3. The molecule has 98 valence electrons. The zero-order chi connectivity index (χ0) is 13.0. The van der Waals surface area contributed by atoms with Crippen molar-refractivity contribution in [3.05, 3.63) is 29.8 Å². The first-order chi connectivity index (χ1) is 8.72. The molecule has 3 nitrogen and oxygen atoms in total. The number of aromatic nitrogens is 1. The molecule has 1 fully saturated rings. The van der Waals surface area contributed by atoms with Crippen LogP contribution >= 0.6 is 0 Å². The van der Waals surface area contributed by atoms with Crippen molar-refractivity contribution in [2.24, 2.45) is 5.92 Å². The highest BCUT2D eigenvalue weighted by molar-refractivity contribution is 5.94. The van der Waals surface area contributed by atoms with Crippen molar-refractivity contribution >= 4 is 5.91 Å². The largest absolute Gasteiger partial charge is 0.339 e. The van der Waals surface area contributed by atoms with Gasteiger partial charge in [0.05, 0.1) is 11.8 Å². The lowest BCUT2D eigenvalue weighted by Crippen LogP contribution is -2.38. The number of piperidine rings is 1. The van der Waals surface area contributed by atoms with Crippen molar-refractivity contribution in [1.82, 2.24) is 9.88 Å². The van der Waals surface area contributed by atoms with Crippen LogP contribution in [0.15, 0.2) is 18.5 Å². The van der Waals surface area contributed by atoms with E-state index in [1.54, 1.807) is 4.90 Å². The number of hydrogen-bond acceptors (Lipinski definition) is 2. The normalized spacial score (nSPS) is 16.9. The van der Waals surface area contributed by atoms with Gasteiger partial charge in [-0.05, 0) is 24.8 Å². The molecule has 2 rings (SSSR count). The molecule has 0 atom stereocenters. The second-order valence-corrected chi connectivity index (χ2v) is 4.88. The number of pyridine rings is 1. The van der Waals surface area contributed by atoms with Gasteiger partial charge in [0, 0.05) is 19.3 Å². The smallest absolute Gasteiger partial charge is 0.256 e. The van der Waals surface area contributed by atoms with E-state index in [9.17, 15) is 9.18 Å². The molecular weight excluding hydrogens is 231 g/mol. The minimum absolute atomic E-state index is 0.138. The molecule has 4 heteroatoms. The van der Waals surface area contributed by atoms with Crippen LogP contribution in [0, 0.1) is 11.7 Å². The summed E-state index contributed by atoms with van der Waals surface area (Å²) in [5.41, 5.74) is 0.138. The van der Waals surface area contributed by atoms with E-state index in [0.29, 0.717) is 0 Å². The Morgan fingerprint density at radius 2 is 2.22 bits per heavy atom. The van der Waals surface area contributed by atoms with E-state index in [0.717, 1.165) is 38.0 Å². The molecule has 1 saturated heterocycles. The Balaban J connectivity index is 1.98. The number of rotatable bonds is 3. The first-order valence-electron chi connectivity index (χ1n) is 6.61. The number of amides is 1. The van der Waals surface area contributed by atoms with Crippen molar-refractivity contribution < 1.29 is 9.18 Å². The zero-order valence-electron chi connectivity index (χ0n) is 10.7. The van der Waals surface area contributed by atoms with E-state index < -0.39 is 5.82 Å². The maximum absolute atomic E-state index is 13.5. The predicted octanol–water partition coefficient (Wildman–Crippen LogP) is 2.87. The molecule has 1 amide bonds. The van der Waals surface area contributed by atoms with Gasteiger partial charge in [-0.1, -0.05) is 19.8 Å². The van der Waals surface area contributed by atoms with Crippen molar-refractivity contribution in [3.63, 3.8) is 0 Å². The molecule has 0 unspecified atom stereocenters. The van der Waals surface area contributed by atoms with Crippen LogP contribution < -0.4 is 0 Å². The van der Waals surface area contributed by atoms with E-state index >= 15 is 0 Å². The second-order valence-electron chi connectivity index (χ2n) is 4.88. The van der Waals surface area contributed by atoms with Crippen LogP contribution in [0.1, 0.15) is 43.0 Å². The first kappa shape index (κ1) is 13.0. The fourth-order valence-corrected chi connectivity index (χ4v) is 2.55. The minimum atomic E-state index is -0.529. The fraction of sp³-hybridized carbons (Fsp3) is 0.571. The van der Waals surface area contributed by atoms with Crippen molar-refractivity contribution in [2.75, 3.05) is 13.1 Å². The van der Waals surface area contributed by atoms with Gasteiger partial charge in [0.25, 0.3) is 5.91 Å². The highest BCUT2D eigenvalue weighted by Crippen LogP contribution is 2.23. The lowest BCUT2D eigenvalue weighted by molar-refractivity contribution is 0.0681. The Morgan fingerprint density at radius 1 is 1.50 bits per heavy atom. The van der Waals surface area contributed by atoms with E-state index in [1.165, 1.54) is 25.1 Å². The summed E-state index contributed by atoms with van der Waals surface area (Å²) >= 11 is 0. The molecule has 0 aromatic carbocycles. The Kier molecular flexibility index (Phi) is 4.28. The summed E-state index contributed by atoms with van der Waals surface area (Å²) in [6.45, 7) is 3.67. The monoisotopic (exact) mass is 250 g/mol. The quantitative estimate of drug-likeness (QED) is 0.826. The summed E-state index contributed by atoms with van der Waals surface area (Å²) in [5.74, 6) is -0.00985. The van der Waals surface area contributed by atoms with Crippen molar-refractivity contribution in [3.8, 4) is 0 Å². The predicted molar refractivity (Wildman–Crippen MR) is 67.7 cm³/mol. The molecule has 0 radical (unpaired) electrons. The topological polar surface area (TPSA) is 33.2 Å². The van der Waals surface area contributed by atoms with E-state index in [1.807, 2.05) is 0 Å². The molecule has 0 aliphatic carbocycles. The summed E-state index contributed by atoms with van der Waals surface area (Å²) in [7, 11) is 0. The molecule has 0 bridgehead atoms. The number of carbonyl (C=O) groups excluding carboxylic acids is 1. The summed E-state index contributed by atoms with van der Waals surface area (Å²) in [6, 6.07) is 1.45. The maximum Gasteiger partial charge on any atom is 0.256 e. The van der Waals surface area contributed by atoms with Gasteiger partial charge >= 0.3 is 0 Å². The molecule has 1 aliphatic rings. The lowest BCUT2D eigenvalue weighted by atomic mass is 9.92. The van der Waals surface area contributed by atoms with Crippen LogP contribution in [0.25, 0.3) is 0 Å². The number of hydrogen-bond donors (Lipinski definition) is 0. The summed E-state index contributed by atoms with van der Waals surface area (Å²) in [5, 5.41) is 0. The molecular formula is C14H19FN2O. The van der Waals surface area contributed by atoms with Gasteiger partial charge < -0.3 is 4.90 Å². The van der Waals surface area contributed by atoms with Crippen LogP contribution in [0.3, 0.4) is 0 Å².